The summed E-state index contributed by atoms with van der Waals surface area (Å²) in [5.41, 5.74) is 4.05. The van der Waals surface area contributed by atoms with Crippen LogP contribution in [0.15, 0.2) is 48.7 Å². The van der Waals surface area contributed by atoms with Crippen LogP contribution >= 0.6 is 0 Å². The maximum atomic E-state index is 6.34. The lowest BCUT2D eigenvalue weighted by atomic mass is 9.65. The van der Waals surface area contributed by atoms with E-state index in [9.17, 15) is 0 Å². The molecule has 0 fully saturated rings. The van der Waals surface area contributed by atoms with Crippen molar-refractivity contribution in [2.75, 3.05) is 13.2 Å². The second kappa shape index (κ2) is 5.43. The fourth-order valence-electron chi connectivity index (χ4n) is 4.66. The molecule has 2 aliphatic heterocycles. The van der Waals surface area contributed by atoms with Crippen LogP contribution in [0.5, 0.6) is 0 Å². The van der Waals surface area contributed by atoms with Crippen molar-refractivity contribution in [1.29, 1.82) is 0 Å². The van der Waals surface area contributed by atoms with E-state index in [-0.39, 0.29) is 17.9 Å². The van der Waals surface area contributed by atoms with E-state index in [2.05, 4.69) is 74.0 Å². The van der Waals surface area contributed by atoms with E-state index < -0.39 is 5.79 Å². The van der Waals surface area contributed by atoms with Gasteiger partial charge in [0, 0.05) is 30.9 Å². The molecule has 1 aromatic heterocycles. The van der Waals surface area contributed by atoms with Crippen molar-refractivity contribution in [2.45, 2.75) is 38.5 Å². The van der Waals surface area contributed by atoms with Crippen molar-refractivity contribution in [2.24, 2.45) is 5.92 Å². The van der Waals surface area contributed by atoms with Crippen molar-refractivity contribution in [1.82, 2.24) is 0 Å². The number of hydrogen-bond acceptors (Lipinski definition) is 2. The van der Waals surface area contributed by atoms with Gasteiger partial charge in [0.15, 0.2) is 23.7 Å². The predicted molar refractivity (Wildman–Crippen MR) is 88.2 cm³/mol. The normalized spacial score (nSPS) is 26.7. The zero-order valence-corrected chi connectivity index (χ0v) is 14.0. The van der Waals surface area contributed by atoms with Crippen molar-refractivity contribution < 1.29 is 14.0 Å². The van der Waals surface area contributed by atoms with E-state index in [0.29, 0.717) is 13.2 Å². The Hall–Kier alpha value is -1.71. The number of pyridine rings is 1. The van der Waals surface area contributed by atoms with Gasteiger partial charge < -0.3 is 9.47 Å². The van der Waals surface area contributed by atoms with E-state index >= 15 is 0 Å². The highest BCUT2D eigenvalue weighted by Gasteiger charge is 2.64. The van der Waals surface area contributed by atoms with E-state index in [0.717, 1.165) is 0 Å². The quantitative estimate of drug-likeness (QED) is 0.638. The summed E-state index contributed by atoms with van der Waals surface area (Å²) in [5.74, 6) is -0.217. The molecule has 3 heteroatoms. The van der Waals surface area contributed by atoms with Crippen LogP contribution in [-0.2, 0) is 9.47 Å². The number of ether oxygens (including phenoxy) is 2. The maximum Gasteiger partial charge on any atom is 0.194 e. The summed E-state index contributed by atoms with van der Waals surface area (Å²) in [6.07, 6.45) is 2.20. The smallest absolute Gasteiger partial charge is 0.194 e. The van der Waals surface area contributed by atoms with Crippen LogP contribution < -0.4 is 4.57 Å². The highest BCUT2D eigenvalue weighted by molar-refractivity contribution is 5.44. The molecular formula is C20H24NO2+. The Morgan fingerprint density at radius 2 is 1.61 bits per heavy atom. The molecule has 0 unspecified atom stereocenters. The monoisotopic (exact) mass is 310 g/mol. The van der Waals surface area contributed by atoms with E-state index in [1.165, 1.54) is 16.8 Å². The third kappa shape index (κ3) is 1.87. The average molecular weight is 310 g/mol. The molecule has 3 nitrogen and oxygen atoms in total. The predicted octanol–water partition coefficient (Wildman–Crippen LogP) is 3.43. The summed E-state index contributed by atoms with van der Waals surface area (Å²) < 4.78 is 15.1. The molecule has 2 bridgehead atoms. The first-order valence-corrected chi connectivity index (χ1v) is 8.61. The maximum absolute atomic E-state index is 6.34. The first kappa shape index (κ1) is 14.9. The van der Waals surface area contributed by atoms with Crippen molar-refractivity contribution in [3.05, 3.63) is 65.5 Å². The standard InChI is InChI=1S/C20H24NO2/c1-4-22-20(23-5-2)14(3)19-16-11-7-6-10-15(16)18(20)17-12-8-9-13-21(17)19/h6-14,18-19H,4-5H2,1-3H3/q+1/t14-,18-,19+/m0/s1. The van der Waals surface area contributed by atoms with Gasteiger partial charge in [-0.15, -0.1) is 0 Å². The van der Waals surface area contributed by atoms with Gasteiger partial charge in [0.1, 0.15) is 5.92 Å². The SMILES string of the molecule is CCOC1(OCC)[C@H]2c3ccccc3[C@@H]([C@@H]1C)[n+]1ccccc12. The Labute approximate surface area is 137 Å². The Kier molecular flexibility index (Phi) is 3.51. The lowest BCUT2D eigenvalue weighted by Crippen LogP contribution is -2.67. The molecule has 0 saturated heterocycles. The van der Waals surface area contributed by atoms with E-state index in [1.54, 1.807) is 0 Å². The molecule has 0 amide bonds. The molecule has 3 heterocycles. The minimum atomic E-state index is -0.579. The molecule has 5 rings (SSSR count). The molecule has 1 aliphatic carbocycles. The summed E-state index contributed by atoms with van der Waals surface area (Å²) >= 11 is 0. The molecule has 1 aromatic carbocycles. The van der Waals surface area contributed by atoms with E-state index in [1.807, 2.05) is 0 Å². The van der Waals surface area contributed by atoms with Gasteiger partial charge in [0.25, 0.3) is 0 Å². The Morgan fingerprint density at radius 1 is 0.957 bits per heavy atom. The highest BCUT2D eigenvalue weighted by Crippen LogP contribution is 2.55. The lowest BCUT2D eigenvalue weighted by Gasteiger charge is -2.51. The number of benzene rings is 1. The van der Waals surface area contributed by atoms with Gasteiger partial charge in [-0.2, -0.15) is 4.57 Å². The van der Waals surface area contributed by atoms with Gasteiger partial charge in [-0.25, -0.2) is 0 Å². The molecule has 2 aromatic rings. The van der Waals surface area contributed by atoms with Gasteiger partial charge in [-0.05, 0) is 19.4 Å². The Bertz CT molecular complexity index is 674. The van der Waals surface area contributed by atoms with E-state index in [4.69, 9.17) is 9.47 Å². The summed E-state index contributed by atoms with van der Waals surface area (Å²) in [6.45, 7) is 7.69. The zero-order chi connectivity index (χ0) is 16.0. The Balaban J connectivity index is 2.01. The minimum absolute atomic E-state index is 0.111. The number of nitrogens with zero attached hydrogens (tertiary/aromatic N) is 1. The van der Waals surface area contributed by atoms with Gasteiger partial charge in [0.2, 0.25) is 0 Å². The van der Waals surface area contributed by atoms with Crippen LogP contribution in [0.2, 0.25) is 0 Å². The van der Waals surface area contributed by atoms with Gasteiger partial charge in [0.05, 0.1) is 5.92 Å². The molecule has 3 aliphatic rings. The highest BCUT2D eigenvalue weighted by atomic mass is 16.7. The zero-order valence-electron chi connectivity index (χ0n) is 14.0. The molecule has 23 heavy (non-hydrogen) atoms. The molecule has 0 N–H and O–H groups in total. The van der Waals surface area contributed by atoms with Gasteiger partial charge in [-0.1, -0.05) is 37.3 Å². The van der Waals surface area contributed by atoms with Crippen molar-refractivity contribution in [3.8, 4) is 0 Å². The third-order valence-electron chi connectivity index (χ3n) is 5.39. The van der Waals surface area contributed by atoms with Crippen LogP contribution in [0, 0.1) is 5.92 Å². The summed E-state index contributed by atoms with van der Waals surface area (Å²) in [7, 11) is 0. The van der Waals surface area contributed by atoms with Crippen molar-refractivity contribution >= 4 is 0 Å². The molecule has 0 spiro atoms. The second-order valence-corrected chi connectivity index (χ2v) is 6.42. The second-order valence-electron chi connectivity index (χ2n) is 6.42. The summed E-state index contributed by atoms with van der Waals surface area (Å²) in [5, 5.41) is 0. The molecule has 0 saturated carbocycles. The topological polar surface area (TPSA) is 22.3 Å². The number of fused-ring (bicyclic) bond motifs is 1. The fourth-order valence-corrected chi connectivity index (χ4v) is 4.66. The first-order chi connectivity index (χ1) is 11.2. The van der Waals surface area contributed by atoms with Crippen LogP contribution in [0.4, 0.5) is 0 Å². The minimum Gasteiger partial charge on any atom is -0.348 e. The van der Waals surface area contributed by atoms with Gasteiger partial charge >= 0.3 is 0 Å². The molecule has 120 valence electrons. The van der Waals surface area contributed by atoms with Gasteiger partial charge in [-0.3, -0.25) is 0 Å². The fraction of sp³-hybridized carbons (Fsp3) is 0.450. The van der Waals surface area contributed by atoms with Crippen molar-refractivity contribution in [3.63, 3.8) is 0 Å². The summed E-state index contributed by atoms with van der Waals surface area (Å²) in [4.78, 5) is 0. The number of aromatic nitrogens is 1. The summed E-state index contributed by atoms with van der Waals surface area (Å²) in [6, 6.07) is 15.5. The average Bonchev–Trinajstić information content (AvgIpc) is 2.58. The van der Waals surface area contributed by atoms with Crippen LogP contribution in [0.1, 0.15) is 49.6 Å². The number of hydrogen-bond donors (Lipinski definition) is 0. The van der Waals surface area contributed by atoms with Crippen LogP contribution in [0.25, 0.3) is 0 Å². The number of rotatable bonds is 4. The lowest BCUT2D eigenvalue weighted by molar-refractivity contribution is -0.746. The first-order valence-electron chi connectivity index (χ1n) is 8.61. The van der Waals surface area contributed by atoms with Crippen LogP contribution in [0.3, 0.4) is 0 Å². The largest absolute Gasteiger partial charge is 0.348 e. The molecule has 3 atom stereocenters. The molecular weight excluding hydrogens is 286 g/mol. The Morgan fingerprint density at radius 3 is 2.30 bits per heavy atom. The van der Waals surface area contributed by atoms with Crippen LogP contribution in [-0.4, -0.2) is 19.0 Å². The third-order valence-corrected chi connectivity index (χ3v) is 5.39. The molecule has 0 radical (unpaired) electrons.